The van der Waals surface area contributed by atoms with Gasteiger partial charge in [0.25, 0.3) is 0 Å². The fourth-order valence-electron chi connectivity index (χ4n) is 1.41. The summed E-state index contributed by atoms with van der Waals surface area (Å²) >= 11 is 0. The Balaban J connectivity index is 3.16. The van der Waals surface area contributed by atoms with Gasteiger partial charge in [0.1, 0.15) is 11.5 Å². The van der Waals surface area contributed by atoms with Crippen LogP contribution in [0.5, 0.6) is 11.5 Å². The van der Waals surface area contributed by atoms with Crippen LogP contribution in [-0.2, 0) is 5.41 Å². The molecule has 0 spiro atoms. The highest BCUT2D eigenvalue weighted by atomic mass is 19.1. The summed E-state index contributed by atoms with van der Waals surface area (Å²) in [6.45, 7) is 5.34. The number of rotatable bonds is 3. The Kier molecular flexibility index (Phi) is 3.56. The minimum atomic E-state index is -0.810. The van der Waals surface area contributed by atoms with Gasteiger partial charge >= 0.3 is 0 Å². The highest BCUT2D eigenvalue weighted by Crippen LogP contribution is 2.34. The van der Waals surface area contributed by atoms with Crippen LogP contribution in [0.3, 0.4) is 0 Å². The van der Waals surface area contributed by atoms with Gasteiger partial charge in [0.2, 0.25) is 6.86 Å². The van der Waals surface area contributed by atoms with E-state index < -0.39 is 6.86 Å². The van der Waals surface area contributed by atoms with Crippen LogP contribution in [0.2, 0.25) is 0 Å². The van der Waals surface area contributed by atoms with Gasteiger partial charge in [0.05, 0.1) is 7.11 Å². The fourth-order valence-corrected chi connectivity index (χ4v) is 1.41. The normalized spacial score (nSPS) is 11.3. The first-order valence-corrected chi connectivity index (χ1v) is 4.86. The van der Waals surface area contributed by atoms with E-state index in [-0.39, 0.29) is 5.41 Å². The van der Waals surface area contributed by atoms with E-state index in [9.17, 15) is 4.39 Å². The molecule has 1 aromatic carbocycles. The summed E-state index contributed by atoms with van der Waals surface area (Å²) in [4.78, 5) is 0. The zero-order valence-corrected chi connectivity index (χ0v) is 9.63. The Morgan fingerprint density at radius 1 is 1.27 bits per heavy atom. The molecule has 0 heterocycles. The smallest absolute Gasteiger partial charge is 0.228 e. The van der Waals surface area contributed by atoms with Crippen molar-refractivity contribution in [1.82, 2.24) is 0 Å². The predicted molar refractivity (Wildman–Crippen MR) is 58.3 cm³/mol. The second kappa shape index (κ2) is 4.51. The van der Waals surface area contributed by atoms with Crippen LogP contribution in [0.4, 0.5) is 4.39 Å². The Labute approximate surface area is 90.0 Å². The molecule has 1 rings (SSSR count). The Bertz CT molecular complexity index is 329. The molecular weight excluding hydrogens is 195 g/mol. The minimum Gasteiger partial charge on any atom is -0.497 e. The van der Waals surface area contributed by atoms with E-state index in [0.29, 0.717) is 5.75 Å². The zero-order valence-electron chi connectivity index (χ0n) is 9.63. The van der Waals surface area contributed by atoms with Crippen LogP contribution in [0.1, 0.15) is 26.3 Å². The molecule has 0 aliphatic carbocycles. The second-order valence-corrected chi connectivity index (χ2v) is 4.37. The van der Waals surface area contributed by atoms with Gasteiger partial charge in [0, 0.05) is 5.56 Å². The van der Waals surface area contributed by atoms with Gasteiger partial charge in [-0.2, -0.15) is 0 Å². The average Bonchev–Trinajstić information content (AvgIpc) is 2.17. The van der Waals surface area contributed by atoms with Crippen LogP contribution in [0.15, 0.2) is 18.2 Å². The lowest BCUT2D eigenvalue weighted by molar-refractivity contribution is 0.188. The van der Waals surface area contributed by atoms with Gasteiger partial charge in [-0.15, -0.1) is 0 Å². The Hall–Kier alpha value is -1.25. The number of hydrogen-bond donors (Lipinski definition) is 0. The van der Waals surface area contributed by atoms with Crippen LogP contribution in [0, 0.1) is 0 Å². The van der Waals surface area contributed by atoms with Gasteiger partial charge in [-0.3, -0.25) is 0 Å². The first kappa shape index (κ1) is 11.8. The van der Waals surface area contributed by atoms with Crippen LogP contribution in [-0.4, -0.2) is 14.0 Å². The van der Waals surface area contributed by atoms with Crippen molar-refractivity contribution in [2.75, 3.05) is 14.0 Å². The van der Waals surface area contributed by atoms with E-state index in [2.05, 4.69) is 0 Å². The maximum Gasteiger partial charge on any atom is 0.228 e. The SMILES string of the molecule is COc1ccc(OCF)c(C(C)(C)C)c1. The molecule has 0 aliphatic heterocycles. The summed E-state index contributed by atoms with van der Waals surface area (Å²) in [5, 5.41) is 0. The molecule has 3 heteroatoms. The zero-order chi connectivity index (χ0) is 11.5. The molecule has 0 bridgehead atoms. The van der Waals surface area contributed by atoms with Crippen molar-refractivity contribution >= 4 is 0 Å². The van der Waals surface area contributed by atoms with E-state index in [1.807, 2.05) is 26.8 Å². The first-order valence-electron chi connectivity index (χ1n) is 4.86. The van der Waals surface area contributed by atoms with Crippen LogP contribution < -0.4 is 9.47 Å². The molecule has 84 valence electrons. The molecule has 0 saturated carbocycles. The number of methoxy groups -OCH3 is 1. The van der Waals surface area contributed by atoms with Crippen molar-refractivity contribution in [2.24, 2.45) is 0 Å². The summed E-state index contributed by atoms with van der Waals surface area (Å²) in [6.07, 6.45) is 0. The van der Waals surface area contributed by atoms with E-state index in [4.69, 9.17) is 9.47 Å². The topological polar surface area (TPSA) is 18.5 Å². The van der Waals surface area contributed by atoms with E-state index in [1.54, 1.807) is 19.2 Å². The van der Waals surface area contributed by atoms with E-state index in [0.717, 1.165) is 11.3 Å². The van der Waals surface area contributed by atoms with Gasteiger partial charge in [0.15, 0.2) is 0 Å². The summed E-state index contributed by atoms with van der Waals surface area (Å²) in [6, 6.07) is 5.38. The highest BCUT2D eigenvalue weighted by Gasteiger charge is 2.19. The summed E-state index contributed by atoms with van der Waals surface area (Å²) in [7, 11) is 1.61. The lowest BCUT2D eigenvalue weighted by atomic mass is 9.86. The highest BCUT2D eigenvalue weighted by molar-refractivity contribution is 5.44. The largest absolute Gasteiger partial charge is 0.497 e. The number of alkyl halides is 1. The molecule has 0 N–H and O–H groups in total. The van der Waals surface area contributed by atoms with E-state index in [1.165, 1.54) is 0 Å². The van der Waals surface area contributed by atoms with Gasteiger partial charge in [-0.05, 0) is 23.6 Å². The molecule has 0 aliphatic rings. The van der Waals surface area contributed by atoms with E-state index >= 15 is 0 Å². The van der Waals surface area contributed by atoms with Crippen molar-refractivity contribution < 1.29 is 13.9 Å². The molecule has 0 saturated heterocycles. The maximum absolute atomic E-state index is 12.2. The summed E-state index contributed by atoms with van der Waals surface area (Å²) in [5.74, 6) is 1.33. The number of hydrogen-bond acceptors (Lipinski definition) is 2. The Morgan fingerprint density at radius 3 is 2.40 bits per heavy atom. The summed E-state index contributed by atoms with van der Waals surface area (Å²) < 4.78 is 22.3. The van der Waals surface area contributed by atoms with Crippen LogP contribution >= 0.6 is 0 Å². The average molecular weight is 212 g/mol. The molecule has 0 amide bonds. The van der Waals surface area contributed by atoms with Gasteiger partial charge in [-0.25, -0.2) is 4.39 Å². The third-order valence-electron chi connectivity index (χ3n) is 2.20. The molecular formula is C12H17FO2. The van der Waals surface area contributed by atoms with Gasteiger partial charge in [-0.1, -0.05) is 20.8 Å². The molecule has 0 aromatic heterocycles. The van der Waals surface area contributed by atoms with Crippen LogP contribution in [0.25, 0.3) is 0 Å². The van der Waals surface area contributed by atoms with Crippen molar-refractivity contribution in [3.8, 4) is 11.5 Å². The van der Waals surface area contributed by atoms with Crippen molar-refractivity contribution in [3.63, 3.8) is 0 Å². The fraction of sp³-hybridized carbons (Fsp3) is 0.500. The molecule has 0 atom stereocenters. The third kappa shape index (κ3) is 2.85. The second-order valence-electron chi connectivity index (χ2n) is 4.37. The molecule has 0 radical (unpaired) electrons. The number of benzene rings is 1. The van der Waals surface area contributed by atoms with Crippen molar-refractivity contribution in [2.45, 2.75) is 26.2 Å². The maximum atomic E-state index is 12.2. The lowest BCUT2D eigenvalue weighted by Crippen LogP contribution is -2.13. The standard InChI is InChI=1S/C12H17FO2/c1-12(2,3)10-7-9(14-4)5-6-11(10)15-8-13/h5-7H,8H2,1-4H3. The quantitative estimate of drug-likeness (QED) is 0.765. The monoisotopic (exact) mass is 212 g/mol. The predicted octanol–water partition coefficient (Wildman–Crippen LogP) is 3.30. The molecule has 15 heavy (non-hydrogen) atoms. The first-order chi connectivity index (χ1) is 6.99. The molecule has 2 nitrogen and oxygen atoms in total. The Morgan fingerprint density at radius 2 is 1.93 bits per heavy atom. The summed E-state index contributed by atoms with van der Waals surface area (Å²) in [5.41, 5.74) is 0.846. The molecule has 1 aromatic rings. The lowest BCUT2D eigenvalue weighted by Gasteiger charge is -2.22. The molecule has 0 fully saturated rings. The van der Waals surface area contributed by atoms with Crippen molar-refractivity contribution in [1.29, 1.82) is 0 Å². The molecule has 0 unspecified atom stereocenters. The number of halogens is 1. The van der Waals surface area contributed by atoms with Gasteiger partial charge < -0.3 is 9.47 Å². The minimum absolute atomic E-state index is 0.0982. The van der Waals surface area contributed by atoms with Crippen molar-refractivity contribution in [3.05, 3.63) is 23.8 Å². The third-order valence-corrected chi connectivity index (χ3v) is 2.20. The number of ether oxygens (including phenoxy) is 2.